The Morgan fingerprint density at radius 2 is 1.95 bits per heavy atom. The van der Waals surface area contributed by atoms with Crippen LogP contribution in [0, 0.1) is 39.4 Å². The van der Waals surface area contributed by atoms with Crippen molar-refractivity contribution in [3.8, 4) is 0 Å². The van der Waals surface area contributed by atoms with Gasteiger partial charge in [-0.2, -0.15) is 0 Å². The normalized spacial score (nSPS) is 54.9. The minimum absolute atomic E-state index is 0.364. The molecule has 4 fully saturated rings. The Labute approximate surface area is 133 Å². The van der Waals surface area contributed by atoms with Crippen molar-refractivity contribution < 1.29 is 4.79 Å². The van der Waals surface area contributed by atoms with Crippen molar-refractivity contribution >= 4 is 11.5 Å². The van der Waals surface area contributed by atoms with Crippen LogP contribution in [0.4, 0.5) is 0 Å². The lowest BCUT2D eigenvalue weighted by Crippen LogP contribution is -2.40. The number of rotatable bonds is 1. The summed E-state index contributed by atoms with van der Waals surface area (Å²) in [5.41, 5.74) is 3.77. The summed E-state index contributed by atoms with van der Waals surface area (Å²) < 4.78 is 0. The van der Waals surface area contributed by atoms with Crippen molar-refractivity contribution in [3.05, 3.63) is 11.6 Å². The molecule has 2 heteroatoms. The molecule has 5 rings (SSSR count). The second-order valence-electron chi connectivity index (χ2n) is 9.11. The number of nitrogens with one attached hydrogen (secondary N) is 1. The maximum Gasteiger partial charge on any atom is 0.155 e. The smallest absolute Gasteiger partial charge is 0.155 e. The molecule has 0 bridgehead atoms. The summed E-state index contributed by atoms with van der Waals surface area (Å²) in [6.07, 6.45) is 11.7. The van der Waals surface area contributed by atoms with Gasteiger partial charge in [-0.15, -0.1) is 0 Å². The second-order valence-corrected chi connectivity index (χ2v) is 9.11. The van der Waals surface area contributed by atoms with E-state index in [0.29, 0.717) is 27.9 Å². The molecule has 4 saturated carbocycles. The largest absolute Gasteiger partial charge is 0.310 e. The van der Waals surface area contributed by atoms with Crippen LogP contribution in [-0.2, 0) is 4.79 Å². The fraction of sp³-hybridized carbons (Fsp3) is 0.800. The summed E-state index contributed by atoms with van der Waals surface area (Å²) in [5, 5.41) is 8.26. The van der Waals surface area contributed by atoms with Crippen LogP contribution >= 0.6 is 0 Å². The molecule has 5 aliphatic rings. The van der Waals surface area contributed by atoms with Gasteiger partial charge >= 0.3 is 0 Å². The van der Waals surface area contributed by atoms with E-state index in [1.54, 1.807) is 0 Å². The monoisotopic (exact) mass is 297 g/mol. The maximum absolute atomic E-state index is 11.9. The zero-order valence-electron chi connectivity index (χ0n) is 13.9. The first-order valence-electron chi connectivity index (χ1n) is 9.26. The van der Waals surface area contributed by atoms with Crippen molar-refractivity contribution in [2.75, 3.05) is 0 Å². The van der Waals surface area contributed by atoms with Crippen molar-refractivity contribution in [3.63, 3.8) is 0 Å². The number of hydrogen-bond donors (Lipinski definition) is 1. The molecule has 118 valence electrons. The summed E-state index contributed by atoms with van der Waals surface area (Å²) in [6, 6.07) is 0. The van der Waals surface area contributed by atoms with E-state index in [1.165, 1.54) is 44.1 Å². The lowest BCUT2D eigenvalue weighted by atomic mass is 9.59. The van der Waals surface area contributed by atoms with Crippen molar-refractivity contribution in [2.45, 2.75) is 65.2 Å². The van der Waals surface area contributed by atoms with Gasteiger partial charge in [-0.25, -0.2) is 0 Å². The molecule has 0 amide bonds. The Balaban J connectivity index is 1.61. The molecule has 0 aromatic heterocycles. The van der Waals surface area contributed by atoms with Crippen LogP contribution in [0.3, 0.4) is 0 Å². The summed E-state index contributed by atoms with van der Waals surface area (Å²) >= 11 is 0. The Morgan fingerprint density at radius 1 is 1.14 bits per heavy atom. The van der Waals surface area contributed by atoms with Crippen LogP contribution in [0.5, 0.6) is 0 Å². The molecule has 0 aromatic carbocycles. The summed E-state index contributed by atoms with van der Waals surface area (Å²) in [5.74, 6) is 2.58. The molecular formula is C20H27NO. The molecule has 6 atom stereocenters. The second kappa shape index (κ2) is 3.76. The highest BCUT2D eigenvalue weighted by molar-refractivity contribution is 5.92. The van der Waals surface area contributed by atoms with Gasteiger partial charge in [0.25, 0.3) is 0 Å². The molecular weight excluding hydrogens is 270 g/mol. The van der Waals surface area contributed by atoms with E-state index in [1.807, 2.05) is 13.0 Å². The van der Waals surface area contributed by atoms with Gasteiger partial charge in [-0.3, -0.25) is 4.79 Å². The number of ketones is 1. The van der Waals surface area contributed by atoms with E-state index >= 15 is 0 Å². The summed E-state index contributed by atoms with van der Waals surface area (Å²) in [6.45, 7) is 4.53. The quantitative estimate of drug-likeness (QED) is 0.709. The van der Waals surface area contributed by atoms with Crippen LogP contribution in [0.2, 0.25) is 0 Å². The minimum Gasteiger partial charge on any atom is -0.310 e. The fourth-order valence-electron chi connectivity index (χ4n) is 8.39. The number of hydrogen-bond acceptors (Lipinski definition) is 2. The number of fused-ring (bicyclic) bond motifs is 1. The number of carbonyl (C=O) groups is 1. The highest BCUT2D eigenvalue weighted by atomic mass is 16.1. The highest BCUT2D eigenvalue weighted by Gasteiger charge is 2.85. The molecule has 2 spiro atoms. The van der Waals surface area contributed by atoms with E-state index in [-0.39, 0.29) is 0 Å². The molecule has 0 saturated heterocycles. The topological polar surface area (TPSA) is 40.9 Å². The molecule has 0 heterocycles. The predicted molar refractivity (Wildman–Crippen MR) is 86.9 cm³/mol. The third-order valence-corrected chi connectivity index (χ3v) is 8.90. The zero-order valence-corrected chi connectivity index (χ0v) is 13.9. The standard InChI is InChI=1S/C20H27NO/c1-12(21)15-3-4-16-18(15,2)8-7-17-19-10-6-14(22)11-13(19)5-9-20(16,17)19/h11,15-17,21H,3-10H2,1-2H3. The van der Waals surface area contributed by atoms with Crippen molar-refractivity contribution in [1.29, 1.82) is 5.41 Å². The Bertz CT molecular complexity index is 634. The SMILES string of the molecule is CC(=N)C1CCC2C1(C)CCC1C34CCC(=O)C=C3CCC214. The van der Waals surface area contributed by atoms with Crippen molar-refractivity contribution in [2.24, 2.45) is 34.0 Å². The molecule has 0 radical (unpaired) electrons. The minimum atomic E-state index is 0.364. The highest BCUT2D eigenvalue weighted by Crippen LogP contribution is 2.91. The first-order chi connectivity index (χ1) is 10.5. The third-order valence-electron chi connectivity index (χ3n) is 8.90. The average Bonchev–Trinajstić information content (AvgIpc) is 2.74. The summed E-state index contributed by atoms with van der Waals surface area (Å²) in [4.78, 5) is 11.9. The first kappa shape index (κ1) is 13.5. The fourth-order valence-corrected chi connectivity index (χ4v) is 8.39. The maximum atomic E-state index is 11.9. The molecule has 5 aliphatic carbocycles. The Hall–Kier alpha value is -0.920. The van der Waals surface area contributed by atoms with E-state index < -0.39 is 0 Å². The summed E-state index contributed by atoms with van der Waals surface area (Å²) in [7, 11) is 0. The molecule has 6 unspecified atom stereocenters. The molecule has 2 nitrogen and oxygen atoms in total. The molecule has 1 N–H and O–H groups in total. The number of allylic oxidation sites excluding steroid dienone is 1. The van der Waals surface area contributed by atoms with Gasteiger partial charge in [0.1, 0.15) is 0 Å². The molecule has 0 aromatic rings. The average molecular weight is 297 g/mol. The van der Waals surface area contributed by atoms with Gasteiger partial charge in [0.15, 0.2) is 5.78 Å². The lowest BCUT2D eigenvalue weighted by Gasteiger charge is -2.45. The van der Waals surface area contributed by atoms with Gasteiger partial charge in [-0.1, -0.05) is 12.5 Å². The van der Waals surface area contributed by atoms with Gasteiger partial charge in [0, 0.05) is 23.5 Å². The van der Waals surface area contributed by atoms with E-state index in [4.69, 9.17) is 5.41 Å². The Morgan fingerprint density at radius 3 is 2.73 bits per heavy atom. The van der Waals surface area contributed by atoms with Gasteiger partial charge in [0.2, 0.25) is 0 Å². The van der Waals surface area contributed by atoms with Crippen LogP contribution in [0.1, 0.15) is 65.2 Å². The predicted octanol–water partition coefficient (Wildman–Crippen LogP) is 4.54. The number of carbonyl (C=O) groups excluding carboxylic acids is 1. The third kappa shape index (κ3) is 1.17. The first-order valence-corrected chi connectivity index (χ1v) is 9.26. The van der Waals surface area contributed by atoms with Gasteiger partial charge < -0.3 is 5.41 Å². The lowest BCUT2D eigenvalue weighted by molar-refractivity contribution is -0.115. The van der Waals surface area contributed by atoms with Gasteiger partial charge in [0.05, 0.1) is 0 Å². The van der Waals surface area contributed by atoms with Gasteiger partial charge in [-0.05, 0) is 80.6 Å². The molecule has 22 heavy (non-hydrogen) atoms. The zero-order chi connectivity index (χ0) is 15.3. The van der Waals surface area contributed by atoms with Crippen LogP contribution < -0.4 is 0 Å². The Kier molecular flexibility index (Phi) is 2.31. The van der Waals surface area contributed by atoms with E-state index in [2.05, 4.69) is 6.92 Å². The van der Waals surface area contributed by atoms with E-state index in [0.717, 1.165) is 30.4 Å². The van der Waals surface area contributed by atoms with Crippen molar-refractivity contribution in [1.82, 2.24) is 0 Å². The molecule has 0 aliphatic heterocycles. The van der Waals surface area contributed by atoms with Crippen LogP contribution in [0.25, 0.3) is 0 Å². The van der Waals surface area contributed by atoms with Crippen LogP contribution in [0.15, 0.2) is 11.6 Å². The van der Waals surface area contributed by atoms with E-state index in [9.17, 15) is 4.79 Å². The van der Waals surface area contributed by atoms with Crippen LogP contribution in [-0.4, -0.2) is 11.5 Å².